The van der Waals surface area contributed by atoms with Crippen molar-refractivity contribution in [1.82, 2.24) is 10.6 Å². The molecule has 2 N–H and O–H groups in total. The molecule has 0 fully saturated rings. The molecule has 0 heterocycles. The second-order valence-corrected chi connectivity index (χ2v) is 10.7. The highest BCUT2D eigenvalue weighted by atomic mass is 79.9. The number of nitrogens with zero attached hydrogens (tertiary/aromatic N) is 1. The summed E-state index contributed by atoms with van der Waals surface area (Å²) < 4.78 is 6.74. The predicted octanol–water partition coefficient (Wildman–Crippen LogP) is 6.00. The number of rotatable bonds is 12. The maximum Gasteiger partial charge on any atom is 0.244 e. The zero-order valence-electron chi connectivity index (χ0n) is 22.8. The SMILES string of the molecule is C[C@@H](OCc1ccccc1)[C@@H](C#N)NC(=O)[C@H](Cc1cccc(Br)c1)NC(=O)Cc1ccc(-c2ccccc2)cc1. The van der Waals surface area contributed by atoms with Gasteiger partial charge in [-0.2, -0.15) is 5.26 Å². The number of nitrogens with one attached hydrogen (secondary N) is 2. The van der Waals surface area contributed by atoms with Crippen LogP contribution in [0.25, 0.3) is 11.1 Å². The smallest absolute Gasteiger partial charge is 0.244 e. The van der Waals surface area contributed by atoms with Crippen LogP contribution in [0.15, 0.2) is 114 Å². The van der Waals surface area contributed by atoms with E-state index in [1.54, 1.807) is 6.92 Å². The predicted molar refractivity (Wildman–Crippen MR) is 164 cm³/mol. The molecule has 208 valence electrons. The number of carbonyl (C=O) groups excluding carboxylic acids is 2. The van der Waals surface area contributed by atoms with Crippen LogP contribution in [0.5, 0.6) is 0 Å². The monoisotopic (exact) mass is 609 g/mol. The van der Waals surface area contributed by atoms with Crippen molar-refractivity contribution in [3.63, 3.8) is 0 Å². The fraction of sp³-hybridized carbons (Fsp3) is 0.206. The summed E-state index contributed by atoms with van der Waals surface area (Å²) in [6.45, 7) is 2.06. The minimum absolute atomic E-state index is 0.121. The van der Waals surface area contributed by atoms with Gasteiger partial charge >= 0.3 is 0 Å². The van der Waals surface area contributed by atoms with E-state index in [9.17, 15) is 14.9 Å². The van der Waals surface area contributed by atoms with Crippen molar-refractivity contribution >= 4 is 27.7 Å². The molecular weight excluding hydrogens is 578 g/mol. The topological polar surface area (TPSA) is 91.2 Å². The Morgan fingerprint density at radius 3 is 2.10 bits per heavy atom. The van der Waals surface area contributed by atoms with Gasteiger partial charge in [-0.25, -0.2) is 0 Å². The molecule has 0 aliphatic carbocycles. The van der Waals surface area contributed by atoms with Gasteiger partial charge in [0.2, 0.25) is 11.8 Å². The molecule has 0 aromatic heterocycles. The number of nitriles is 1. The number of ether oxygens (including phenoxy) is 1. The maximum absolute atomic E-state index is 13.4. The van der Waals surface area contributed by atoms with Crippen molar-refractivity contribution in [3.05, 3.63) is 130 Å². The maximum atomic E-state index is 13.4. The summed E-state index contributed by atoms with van der Waals surface area (Å²) in [4.78, 5) is 26.5. The fourth-order valence-electron chi connectivity index (χ4n) is 4.39. The summed E-state index contributed by atoms with van der Waals surface area (Å²) in [5, 5.41) is 15.5. The van der Waals surface area contributed by atoms with Crippen LogP contribution in [0, 0.1) is 11.3 Å². The molecule has 0 spiro atoms. The normalized spacial score (nSPS) is 12.9. The lowest BCUT2D eigenvalue weighted by atomic mass is 10.0. The van der Waals surface area contributed by atoms with Crippen molar-refractivity contribution in [2.45, 2.75) is 44.6 Å². The minimum atomic E-state index is -0.890. The Morgan fingerprint density at radius 2 is 1.44 bits per heavy atom. The second-order valence-electron chi connectivity index (χ2n) is 9.81. The number of hydrogen-bond acceptors (Lipinski definition) is 4. The molecule has 0 unspecified atom stereocenters. The van der Waals surface area contributed by atoms with Gasteiger partial charge < -0.3 is 15.4 Å². The molecule has 0 aliphatic rings. The largest absolute Gasteiger partial charge is 0.371 e. The zero-order valence-corrected chi connectivity index (χ0v) is 24.4. The molecule has 0 radical (unpaired) electrons. The molecule has 0 bridgehead atoms. The van der Waals surface area contributed by atoms with Gasteiger partial charge in [-0.1, -0.05) is 113 Å². The fourth-order valence-corrected chi connectivity index (χ4v) is 4.84. The Kier molecular flexibility index (Phi) is 10.8. The van der Waals surface area contributed by atoms with E-state index < -0.39 is 24.1 Å². The molecule has 0 saturated carbocycles. The molecule has 0 saturated heterocycles. The summed E-state index contributed by atoms with van der Waals surface area (Å²) in [5.41, 5.74) is 4.84. The zero-order chi connectivity index (χ0) is 29.0. The third-order valence-electron chi connectivity index (χ3n) is 6.67. The Hall–Kier alpha value is -4.25. The van der Waals surface area contributed by atoms with Crippen molar-refractivity contribution < 1.29 is 14.3 Å². The first-order chi connectivity index (χ1) is 19.9. The van der Waals surface area contributed by atoms with E-state index >= 15 is 0 Å². The molecule has 3 atom stereocenters. The van der Waals surface area contributed by atoms with Crippen molar-refractivity contribution in [2.75, 3.05) is 0 Å². The molecule has 4 aromatic rings. The van der Waals surface area contributed by atoms with Gasteiger partial charge in [-0.05, 0) is 46.9 Å². The number of amides is 2. The minimum Gasteiger partial charge on any atom is -0.371 e. The summed E-state index contributed by atoms with van der Waals surface area (Å²) >= 11 is 3.47. The number of halogens is 1. The standard InChI is InChI=1S/C34H32BrN3O3/c1-24(41-23-26-9-4-2-5-10-26)32(22-36)38-34(40)31(20-27-11-8-14-30(35)19-27)37-33(39)21-25-15-17-29(18-16-25)28-12-6-3-7-13-28/h2-19,24,31-32H,20-21,23H2,1H3,(H,37,39)(H,38,40)/t24-,31+,32-/m1/s1. The first-order valence-electron chi connectivity index (χ1n) is 13.4. The van der Waals surface area contributed by atoms with Gasteiger partial charge in [0.25, 0.3) is 0 Å². The summed E-state index contributed by atoms with van der Waals surface area (Å²) in [6, 6.07) is 35.4. The van der Waals surface area contributed by atoms with Gasteiger partial charge in [-0.15, -0.1) is 0 Å². The molecule has 4 aromatic carbocycles. The first-order valence-corrected chi connectivity index (χ1v) is 14.2. The lowest BCUT2D eigenvalue weighted by Gasteiger charge is -2.24. The molecular formula is C34H32BrN3O3. The van der Waals surface area contributed by atoms with Crippen molar-refractivity contribution in [1.29, 1.82) is 5.26 Å². The highest BCUT2D eigenvalue weighted by molar-refractivity contribution is 9.10. The van der Waals surface area contributed by atoms with Gasteiger partial charge in [-0.3, -0.25) is 9.59 Å². The molecule has 0 aliphatic heterocycles. The average Bonchev–Trinajstić information content (AvgIpc) is 2.99. The van der Waals surface area contributed by atoms with Crippen LogP contribution in [0.4, 0.5) is 0 Å². The van der Waals surface area contributed by atoms with Gasteiger partial charge in [0, 0.05) is 10.9 Å². The van der Waals surface area contributed by atoms with Crippen LogP contribution >= 0.6 is 15.9 Å². The lowest BCUT2D eigenvalue weighted by molar-refractivity contribution is -0.129. The number of hydrogen-bond donors (Lipinski definition) is 2. The summed E-state index contributed by atoms with van der Waals surface area (Å²) in [5.74, 6) is -0.728. The Morgan fingerprint density at radius 1 is 0.805 bits per heavy atom. The van der Waals surface area contributed by atoms with Crippen LogP contribution < -0.4 is 10.6 Å². The third-order valence-corrected chi connectivity index (χ3v) is 7.16. The van der Waals surface area contributed by atoms with E-state index in [2.05, 4.69) is 32.6 Å². The molecule has 41 heavy (non-hydrogen) atoms. The van der Waals surface area contributed by atoms with Crippen LogP contribution in [-0.4, -0.2) is 30.0 Å². The third kappa shape index (κ3) is 9.14. The van der Waals surface area contributed by atoms with Gasteiger partial charge in [0.15, 0.2) is 0 Å². The van der Waals surface area contributed by atoms with Crippen LogP contribution in [0.3, 0.4) is 0 Å². The van der Waals surface area contributed by atoms with E-state index in [0.717, 1.165) is 32.3 Å². The van der Waals surface area contributed by atoms with Crippen molar-refractivity contribution in [3.8, 4) is 17.2 Å². The molecule has 6 nitrogen and oxygen atoms in total. The summed E-state index contributed by atoms with van der Waals surface area (Å²) in [6.07, 6.45) is -0.175. The first kappa shape index (κ1) is 29.7. The Labute approximate surface area is 249 Å². The lowest BCUT2D eigenvalue weighted by Crippen LogP contribution is -2.53. The van der Waals surface area contributed by atoms with E-state index in [4.69, 9.17) is 4.74 Å². The molecule has 4 rings (SSSR count). The van der Waals surface area contributed by atoms with Gasteiger partial charge in [0.1, 0.15) is 12.1 Å². The Bertz CT molecular complexity index is 1470. The number of carbonyl (C=O) groups is 2. The van der Waals surface area contributed by atoms with Crippen LogP contribution in [0.1, 0.15) is 23.6 Å². The quantitative estimate of drug-likeness (QED) is 0.206. The highest BCUT2D eigenvalue weighted by Crippen LogP contribution is 2.19. The molecule has 2 amide bonds. The summed E-state index contributed by atoms with van der Waals surface area (Å²) in [7, 11) is 0. The van der Waals surface area contributed by atoms with E-state index in [0.29, 0.717) is 6.61 Å². The van der Waals surface area contributed by atoms with E-state index in [1.807, 2.05) is 109 Å². The second kappa shape index (κ2) is 14.9. The van der Waals surface area contributed by atoms with E-state index in [1.165, 1.54) is 0 Å². The molecule has 7 heteroatoms. The highest BCUT2D eigenvalue weighted by Gasteiger charge is 2.27. The number of benzene rings is 4. The van der Waals surface area contributed by atoms with Crippen molar-refractivity contribution in [2.24, 2.45) is 0 Å². The average molecular weight is 611 g/mol. The van der Waals surface area contributed by atoms with Crippen LogP contribution in [0.2, 0.25) is 0 Å². The van der Waals surface area contributed by atoms with Gasteiger partial charge in [0.05, 0.1) is 25.2 Å². The Balaban J connectivity index is 1.42. The van der Waals surface area contributed by atoms with Crippen LogP contribution in [-0.2, 0) is 33.8 Å². The van der Waals surface area contributed by atoms with E-state index in [-0.39, 0.29) is 18.7 Å².